The molecule has 0 bridgehead atoms. The highest BCUT2D eigenvalue weighted by Gasteiger charge is 2.19. The summed E-state index contributed by atoms with van der Waals surface area (Å²) in [7, 11) is -3.10. The predicted octanol–water partition coefficient (Wildman–Crippen LogP) is 2.64. The molecule has 0 N–H and O–H groups in total. The van der Waals surface area contributed by atoms with Crippen LogP contribution < -0.4 is 0 Å². The molecule has 0 unspecified atom stereocenters. The molecule has 0 aliphatic carbocycles. The third-order valence-electron chi connectivity index (χ3n) is 2.70. The lowest BCUT2D eigenvalue weighted by Gasteiger charge is -2.20. The highest BCUT2D eigenvalue weighted by molar-refractivity contribution is 7.89. The highest BCUT2D eigenvalue weighted by Crippen LogP contribution is 2.10. The van der Waals surface area contributed by atoms with Crippen molar-refractivity contribution >= 4 is 10.0 Å². The molecule has 0 saturated carbocycles. The lowest BCUT2D eigenvalue weighted by molar-refractivity contribution is 0.422. The molecular formula is C13H21NO2S. The van der Waals surface area contributed by atoms with Gasteiger partial charge in [-0.05, 0) is 12.0 Å². The van der Waals surface area contributed by atoms with Crippen molar-refractivity contribution in [1.29, 1.82) is 0 Å². The van der Waals surface area contributed by atoms with E-state index in [-0.39, 0.29) is 5.75 Å². The maximum Gasteiger partial charge on any atom is 0.214 e. The minimum Gasteiger partial charge on any atom is -0.212 e. The summed E-state index contributed by atoms with van der Waals surface area (Å²) in [4.78, 5) is 0. The molecular weight excluding hydrogens is 234 g/mol. The average Bonchev–Trinajstić information content (AvgIpc) is 2.34. The number of hydrogen-bond acceptors (Lipinski definition) is 2. The minimum atomic E-state index is -3.10. The standard InChI is InChI=1S/C13H21NO2S/c1-3-5-11-17(15,16)14(4-2)12-13-9-7-6-8-10-13/h6-10H,3-5,11-12H2,1-2H3. The summed E-state index contributed by atoms with van der Waals surface area (Å²) in [5.41, 5.74) is 1.04. The van der Waals surface area contributed by atoms with Crippen LogP contribution in [0.3, 0.4) is 0 Å². The fourth-order valence-corrected chi connectivity index (χ4v) is 3.30. The smallest absolute Gasteiger partial charge is 0.212 e. The lowest BCUT2D eigenvalue weighted by Crippen LogP contribution is -2.32. The predicted molar refractivity (Wildman–Crippen MR) is 71.2 cm³/mol. The Morgan fingerprint density at radius 3 is 2.29 bits per heavy atom. The zero-order valence-corrected chi connectivity index (χ0v) is 11.4. The van der Waals surface area contributed by atoms with Gasteiger partial charge < -0.3 is 0 Å². The molecule has 1 aromatic carbocycles. The number of hydrogen-bond donors (Lipinski definition) is 0. The van der Waals surface area contributed by atoms with Gasteiger partial charge in [-0.3, -0.25) is 0 Å². The van der Waals surface area contributed by atoms with E-state index in [1.165, 1.54) is 0 Å². The van der Waals surface area contributed by atoms with Crippen molar-refractivity contribution in [2.45, 2.75) is 33.2 Å². The molecule has 0 radical (unpaired) electrons. The van der Waals surface area contributed by atoms with Gasteiger partial charge in [0, 0.05) is 13.1 Å². The van der Waals surface area contributed by atoms with Gasteiger partial charge in [-0.25, -0.2) is 8.42 Å². The van der Waals surface area contributed by atoms with Gasteiger partial charge in [-0.2, -0.15) is 4.31 Å². The maximum absolute atomic E-state index is 12.1. The summed E-state index contributed by atoms with van der Waals surface area (Å²) >= 11 is 0. The fraction of sp³-hybridized carbons (Fsp3) is 0.538. The molecule has 0 heterocycles. The first-order valence-electron chi connectivity index (χ1n) is 6.12. The Bertz CT molecular complexity index is 414. The summed E-state index contributed by atoms with van der Waals surface area (Å²) in [6, 6.07) is 9.71. The van der Waals surface area contributed by atoms with E-state index in [2.05, 4.69) is 0 Å². The quantitative estimate of drug-likeness (QED) is 0.751. The van der Waals surface area contributed by atoms with E-state index in [0.717, 1.165) is 18.4 Å². The monoisotopic (exact) mass is 255 g/mol. The molecule has 0 spiro atoms. The van der Waals surface area contributed by atoms with Crippen molar-refractivity contribution in [2.75, 3.05) is 12.3 Å². The van der Waals surface area contributed by atoms with Crippen LogP contribution in [0.4, 0.5) is 0 Å². The second-order valence-corrected chi connectivity index (χ2v) is 6.17. The number of sulfonamides is 1. The summed E-state index contributed by atoms with van der Waals surface area (Å²) in [6.45, 7) is 4.89. The molecule has 96 valence electrons. The van der Waals surface area contributed by atoms with E-state index in [1.54, 1.807) is 4.31 Å². The van der Waals surface area contributed by atoms with E-state index >= 15 is 0 Å². The molecule has 1 aromatic rings. The Balaban J connectivity index is 2.72. The molecule has 0 aliphatic heterocycles. The molecule has 1 rings (SSSR count). The number of nitrogens with zero attached hydrogens (tertiary/aromatic N) is 1. The van der Waals surface area contributed by atoms with Gasteiger partial charge in [0.1, 0.15) is 0 Å². The van der Waals surface area contributed by atoms with Gasteiger partial charge in [0.15, 0.2) is 0 Å². The van der Waals surface area contributed by atoms with Crippen molar-refractivity contribution in [1.82, 2.24) is 4.31 Å². The summed E-state index contributed by atoms with van der Waals surface area (Å²) < 4.78 is 25.7. The molecule has 0 aromatic heterocycles. The first-order valence-corrected chi connectivity index (χ1v) is 7.72. The Morgan fingerprint density at radius 1 is 1.12 bits per heavy atom. The van der Waals surface area contributed by atoms with Crippen LogP contribution in [0.2, 0.25) is 0 Å². The minimum absolute atomic E-state index is 0.254. The summed E-state index contributed by atoms with van der Waals surface area (Å²) in [6.07, 6.45) is 1.63. The van der Waals surface area contributed by atoms with Crippen molar-refractivity contribution in [2.24, 2.45) is 0 Å². The molecule has 4 heteroatoms. The second-order valence-electron chi connectivity index (χ2n) is 4.08. The van der Waals surface area contributed by atoms with Crippen molar-refractivity contribution in [3.05, 3.63) is 35.9 Å². The van der Waals surface area contributed by atoms with E-state index in [4.69, 9.17) is 0 Å². The van der Waals surface area contributed by atoms with Crippen LogP contribution in [-0.2, 0) is 16.6 Å². The van der Waals surface area contributed by atoms with Crippen LogP contribution >= 0.6 is 0 Å². The third-order valence-corrected chi connectivity index (χ3v) is 4.68. The van der Waals surface area contributed by atoms with Crippen LogP contribution in [0.1, 0.15) is 32.3 Å². The van der Waals surface area contributed by atoms with Crippen LogP contribution in [0.15, 0.2) is 30.3 Å². The summed E-state index contributed by atoms with van der Waals surface area (Å²) in [5.74, 6) is 0.254. The largest absolute Gasteiger partial charge is 0.214 e. The van der Waals surface area contributed by atoms with Crippen LogP contribution in [0.5, 0.6) is 0 Å². The molecule has 0 atom stereocenters. The normalized spacial score (nSPS) is 11.9. The topological polar surface area (TPSA) is 37.4 Å². The van der Waals surface area contributed by atoms with E-state index in [1.807, 2.05) is 44.2 Å². The van der Waals surface area contributed by atoms with Crippen molar-refractivity contribution in [3.63, 3.8) is 0 Å². The Labute approximate surface area is 105 Å². The van der Waals surface area contributed by atoms with Crippen LogP contribution in [0, 0.1) is 0 Å². The first kappa shape index (κ1) is 14.2. The molecule has 0 saturated heterocycles. The Hall–Kier alpha value is -0.870. The van der Waals surface area contributed by atoms with E-state index < -0.39 is 10.0 Å². The first-order chi connectivity index (χ1) is 8.10. The molecule has 17 heavy (non-hydrogen) atoms. The van der Waals surface area contributed by atoms with Crippen molar-refractivity contribution < 1.29 is 8.42 Å². The van der Waals surface area contributed by atoms with Gasteiger partial charge in [0.2, 0.25) is 10.0 Å². The number of unbranched alkanes of at least 4 members (excludes halogenated alkanes) is 1. The molecule has 0 amide bonds. The number of benzene rings is 1. The van der Waals surface area contributed by atoms with Gasteiger partial charge in [0.25, 0.3) is 0 Å². The average molecular weight is 255 g/mol. The molecule has 0 fully saturated rings. The summed E-state index contributed by atoms with van der Waals surface area (Å²) in [5, 5.41) is 0. The van der Waals surface area contributed by atoms with Crippen molar-refractivity contribution in [3.8, 4) is 0 Å². The van der Waals surface area contributed by atoms with Gasteiger partial charge >= 0.3 is 0 Å². The van der Waals surface area contributed by atoms with Crippen LogP contribution in [-0.4, -0.2) is 25.0 Å². The maximum atomic E-state index is 12.1. The van der Waals surface area contributed by atoms with Gasteiger partial charge in [0.05, 0.1) is 5.75 Å². The highest BCUT2D eigenvalue weighted by atomic mass is 32.2. The zero-order chi connectivity index (χ0) is 12.7. The number of rotatable bonds is 7. The Kier molecular flexibility index (Phi) is 5.65. The van der Waals surface area contributed by atoms with E-state index in [0.29, 0.717) is 13.1 Å². The SMILES string of the molecule is CCCCS(=O)(=O)N(CC)Cc1ccccc1. The third kappa shape index (κ3) is 4.48. The van der Waals surface area contributed by atoms with Gasteiger partial charge in [-0.15, -0.1) is 0 Å². The van der Waals surface area contributed by atoms with Gasteiger partial charge in [-0.1, -0.05) is 50.6 Å². The molecule has 3 nitrogen and oxygen atoms in total. The lowest BCUT2D eigenvalue weighted by atomic mass is 10.2. The fourth-order valence-electron chi connectivity index (χ4n) is 1.65. The van der Waals surface area contributed by atoms with E-state index in [9.17, 15) is 8.42 Å². The zero-order valence-electron chi connectivity index (χ0n) is 10.6. The second kappa shape index (κ2) is 6.77. The molecule has 0 aliphatic rings. The Morgan fingerprint density at radius 2 is 1.76 bits per heavy atom. The van der Waals surface area contributed by atoms with Crippen LogP contribution in [0.25, 0.3) is 0 Å².